The van der Waals surface area contributed by atoms with Gasteiger partial charge in [-0.2, -0.15) is 0 Å². The quantitative estimate of drug-likeness (QED) is 0.854. The molecule has 0 unspecified atom stereocenters. The monoisotopic (exact) mass is 357 g/mol. The standard InChI is InChI=1S/C13H13FIN3/c1-2-16-13-11(15)8-17-12(18-13)7-9-4-3-5-10(14)6-9/h3-6,8H,2,7H2,1H3,(H,16,17,18). The van der Waals surface area contributed by atoms with Crippen LogP contribution in [-0.4, -0.2) is 16.5 Å². The molecule has 0 aliphatic carbocycles. The number of benzene rings is 1. The van der Waals surface area contributed by atoms with Crippen LogP contribution in [0.15, 0.2) is 30.5 Å². The van der Waals surface area contributed by atoms with Crippen molar-refractivity contribution in [3.63, 3.8) is 0 Å². The van der Waals surface area contributed by atoms with E-state index >= 15 is 0 Å². The van der Waals surface area contributed by atoms with Gasteiger partial charge in [0.15, 0.2) is 0 Å². The zero-order valence-electron chi connectivity index (χ0n) is 9.95. The minimum absolute atomic E-state index is 0.232. The molecular formula is C13H13FIN3. The molecule has 1 N–H and O–H groups in total. The molecular weight excluding hydrogens is 344 g/mol. The Morgan fingerprint density at radius 1 is 1.39 bits per heavy atom. The smallest absolute Gasteiger partial charge is 0.143 e. The number of hydrogen-bond donors (Lipinski definition) is 1. The summed E-state index contributed by atoms with van der Waals surface area (Å²) in [5.41, 5.74) is 0.874. The van der Waals surface area contributed by atoms with Gasteiger partial charge in [-0.25, -0.2) is 14.4 Å². The second-order valence-electron chi connectivity index (χ2n) is 3.82. The molecule has 0 atom stereocenters. The van der Waals surface area contributed by atoms with Crippen molar-refractivity contribution in [2.75, 3.05) is 11.9 Å². The fraction of sp³-hybridized carbons (Fsp3) is 0.231. The fourth-order valence-electron chi connectivity index (χ4n) is 1.61. The Hall–Kier alpha value is -1.24. The highest BCUT2D eigenvalue weighted by Gasteiger charge is 2.05. The van der Waals surface area contributed by atoms with Gasteiger partial charge in [-0.15, -0.1) is 0 Å². The van der Waals surface area contributed by atoms with Crippen molar-refractivity contribution in [2.45, 2.75) is 13.3 Å². The van der Waals surface area contributed by atoms with Gasteiger partial charge in [0.25, 0.3) is 0 Å². The molecule has 0 spiro atoms. The molecule has 0 saturated heterocycles. The van der Waals surface area contributed by atoms with E-state index in [1.165, 1.54) is 12.1 Å². The number of nitrogens with one attached hydrogen (secondary N) is 1. The Morgan fingerprint density at radius 3 is 2.94 bits per heavy atom. The average Bonchev–Trinajstić information content (AvgIpc) is 2.34. The van der Waals surface area contributed by atoms with Crippen LogP contribution >= 0.6 is 22.6 Å². The van der Waals surface area contributed by atoms with Crippen molar-refractivity contribution in [2.24, 2.45) is 0 Å². The second-order valence-corrected chi connectivity index (χ2v) is 4.98. The van der Waals surface area contributed by atoms with Crippen molar-refractivity contribution < 1.29 is 4.39 Å². The number of rotatable bonds is 4. The van der Waals surface area contributed by atoms with Gasteiger partial charge in [-0.05, 0) is 47.2 Å². The molecule has 0 aliphatic heterocycles. The third kappa shape index (κ3) is 3.38. The van der Waals surface area contributed by atoms with E-state index < -0.39 is 0 Å². The molecule has 18 heavy (non-hydrogen) atoms. The molecule has 1 heterocycles. The molecule has 2 rings (SSSR count). The number of halogens is 2. The van der Waals surface area contributed by atoms with E-state index in [-0.39, 0.29) is 5.82 Å². The van der Waals surface area contributed by atoms with Gasteiger partial charge < -0.3 is 5.32 Å². The SMILES string of the molecule is CCNc1nc(Cc2cccc(F)c2)ncc1I. The first-order valence-electron chi connectivity index (χ1n) is 5.68. The van der Waals surface area contributed by atoms with E-state index in [2.05, 4.69) is 37.9 Å². The van der Waals surface area contributed by atoms with Gasteiger partial charge >= 0.3 is 0 Å². The van der Waals surface area contributed by atoms with Crippen molar-refractivity contribution in [3.05, 3.63) is 51.2 Å². The summed E-state index contributed by atoms with van der Waals surface area (Å²) in [4.78, 5) is 8.70. The zero-order valence-corrected chi connectivity index (χ0v) is 12.1. The van der Waals surface area contributed by atoms with Gasteiger partial charge in [0, 0.05) is 19.2 Å². The van der Waals surface area contributed by atoms with E-state index in [1.807, 2.05) is 13.0 Å². The summed E-state index contributed by atoms with van der Waals surface area (Å²) in [6, 6.07) is 6.51. The molecule has 0 radical (unpaired) electrons. The van der Waals surface area contributed by atoms with Crippen LogP contribution in [0.25, 0.3) is 0 Å². The lowest BCUT2D eigenvalue weighted by atomic mass is 10.1. The Kier molecular flexibility index (Phi) is 4.46. The predicted octanol–water partition coefficient (Wildman–Crippen LogP) is 3.24. The highest BCUT2D eigenvalue weighted by Crippen LogP contribution is 2.15. The Labute approximate surface area is 119 Å². The highest BCUT2D eigenvalue weighted by molar-refractivity contribution is 14.1. The van der Waals surface area contributed by atoms with Gasteiger partial charge in [-0.3, -0.25) is 0 Å². The largest absolute Gasteiger partial charge is 0.369 e. The van der Waals surface area contributed by atoms with Crippen LogP contribution < -0.4 is 5.32 Å². The average molecular weight is 357 g/mol. The van der Waals surface area contributed by atoms with Crippen LogP contribution in [0.5, 0.6) is 0 Å². The van der Waals surface area contributed by atoms with E-state index in [0.717, 1.165) is 21.5 Å². The zero-order chi connectivity index (χ0) is 13.0. The molecule has 0 fully saturated rings. The summed E-state index contributed by atoms with van der Waals surface area (Å²) in [6.07, 6.45) is 2.31. The van der Waals surface area contributed by atoms with Gasteiger partial charge in [0.1, 0.15) is 17.5 Å². The van der Waals surface area contributed by atoms with Gasteiger partial charge in [0.2, 0.25) is 0 Å². The molecule has 1 aromatic carbocycles. The summed E-state index contributed by atoms with van der Waals surface area (Å²) >= 11 is 2.19. The van der Waals surface area contributed by atoms with E-state index in [4.69, 9.17) is 0 Å². The fourth-order valence-corrected chi connectivity index (χ4v) is 2.06. The first kappa shape index (κ1) is 13.2. The van der Waals surface area contributed by atoms with E-state index in [1.54, 1.807) is 12.3 Å². The third-order valence-electron chi connectivity index (χ3n) is 2.39. The summed E-state index contributed by atoms with van der Waals surface area (Å²) in [7, 11) is 0. The van der Waals surface area contributed by atoms with Crippen LogP contribution in [0.1, 0.15) is 18.3 Å². The summed E-state index contributed by atoms with van der Waals surface area (Å²) in [5.74, 6) is 1.29. The summed E-state index contributed by atoms with van der Waals surface area (Å²) in [6.45, 7) is 2.83. The van der Waals surface area contributed by atoms with Crippen LogP contribution in [0.2, 0.25) is 0 Å². The Bertz CT molecular complexity index is 546. The summed E-state index contributed by atoms with van der Waals surface area (Å²) in [5, 5.41) is 3.18. The topological polar surface area (TPSA) is 37.8 Å². The molecule has 0 aliphatic rings. The van der Waals surface area contributed by atoms with E-state index in [9.17, 15) is 4.39 Å². The van der Waals surface area contributed by atoms with Gasteiger partial charge in [-0.1, -0.05) is 12.1 Å². The third-order valence-corrected chi connectivity index (χ3v) is 3.18. The van der Waals surface area contributed by atoms with Crippen LogP contribution in [0.3, 0.4) is 0 Å². The lowest BCUT2D eigenvalue weighted by Crippen LogP contribution is -2.06. The molecule has 0 saturated carbocycles. The maximum atomic E-state index is 13.1. The number of aromatic nitrogens is 2. The Morgan fingerprint density at radius 2 is 2.22 bits per heavy atom. The first-order valence-corrected chi connectivity index (χ1v) is 6.76. The molecule has 1 aromatic heterocycles. The highest BCUT2D eigenvalue weighted by atomic mass is 127. The van der Waals surface area contributed by atoms with Gasteiger partial charge in [0.05, 0.1) is 3.57 Å². The van der Waals surface area contributed by atoms with Crippen molar-refractivity contribution in [1.82, 2.24) is 9.97 Å². The number of nitrogens with zero attached hydrogens (tertiary/aromatic N) is 2. The molecule has 2 aromatic rings. The summed E-state index contributed by atoms with van der Waals surface area (Å²) < 4.78 is 14.1. The maximum absolute atomic E-state index is 13.1. The van der Waals surface area contributed by atoms with Crippen molar-refractivity contribution in [1.29, 1.82) is 0 Å². The molecule has 3 nitrogen and oxygen atoms in total. The minimum atomic E-state index is -0.232. The minimum Gasteiger partial charge on any atom is -0.369 e. The first-order chi connectivity index (χ1) is 8.69. The van der Waals surface area contributed by atoms with Crippen LogP contribution in [-0.2, 0) is 6.42 Å². The molecule has 5 heteroatoms. The second kappa shape index (κ2) is 6.08. The normalized spacial score (nSPS) is 10.4. The lowest BCUT2D eigenvalue weighted by molar-refractivity contribution is 0.626. The van der Waals surface area contributed by atoms with E-state index in [0.29, 0.717) is 12.2 Å². The lowest BCUT2D eigenvalue weighted by Gasteiger charge is -2.07. The molecule has 0 amide bonds. The number of hydrogen-bond acceptors (Lipinski definition) is 3. The number of anilines is 1. The van der Waals surface area contributed by atoms with Crippen LogP contribution in [0.4, 0.5) is 10.2 Å². The maximum Gasteiger partial charge on any atom is 0.143 e. The Balaban J connectivity index is 2.21. The predicted molar refractivity (Wildman–Crippen MR) is 78.1 cm³/mol. The molecule has 94 valence electrons. The molecule has 0 bridgehead atoms. The van der Waals surface area contributed by atoms with Crippen LogP contribution in [0, 0.1) is 9.39 Å². The van der Waals surface area contributed by atoms with Crippen molar-refractivity contribution in [3.8, 4) is 0 Å². The van der Waals surface area contributed by atoms with Crippen molar-refractivity contribution >= 4 is 28.4 Å².